The molecule has 1 aliphatic rings. The second-order valence-corrected chi connectivity index (χ2v) is 2.87. The molecule has 3 N–H and O–H groups in total. The van der Waals surface area contributed by atoms with Crippen molar-refractivity contribution >= 4 is 11.7 Å². The minimum atomic E-state index is -0.608. The van der Waals surface area contributed by atoms with E-state index in [-0.39, 0.29) is 6.03 Å². The molecule has 1 atom stereocenters. The Labute approximate surface area is 59.5 Å². The first-order valence-electron chi connectivity index (χ1n) is 3.15. The van der Waals surface area contributed by atoms with Crippen LogP contribution < -0.4 is 11.1 Å². The average Bonchev–Trinajstić information content (AvgIpc) is 1.54. The molecule has 2 amide bonds. The summed E-state index contributed by atoms with van der Waals surface area (Å²) in [6.07, 6.45) is 0.624. The van der Waals surface area contributed by atoms with Gasteiger partial charge in [-0.1, -0.05) is 0 Å². The zero-order valence-corrected chi connectivity index (χ0v) is 6.14. The van der Waals surface area contributed by atoms with Crippen molar-refractivity contribution in [2.45, 2.75) is 25.9 Å². The molecule has 10 heavy (non-hydrogen) atoms. The van der Waals surface area contributed by atoms with Crippen LogP contribution in [0.25, 0.3) is 0 Å². The Bertz CT molecular complexity index is 195. The van der Waals surface area contributed by atoms with Crippen molar-refractivity contribution in [2.75, 3.05) is 0 Å². The molecule has 1 rings (SSSR count). The predicted octanol–water partition coefficient (Wildman–Crippen LogP) is 0.236. The average molecular weight is 141 g/mol. The van der Waals surface area contributed by atoms with Gasteiger partial charge in [0.1, 0.15) is 0 Å². The molecule has 0 bridgehead atoms. The van der Waals surface area contributed by atoms with Gasteiger partial charge in [-0.05, 0) is 13.8 Å². The minimum Gasteiger partial charge on any atom is -0.318 e. The molecule has 0 aromatic rings. The number of nitrogens with two attached hydrogens (primary N) is 1. The molecular weight excluding hydrogens is 130 g/mol. The van der Waals surface area contributed by atoms with Crippen molar-refractivity contribution in [2.24, 2.45) is 10.7 Å². The molecule has 0 aromatic heterocycles. The lowest BCUT2D eigenvalue weighted by Crippen LogP contribution is -2.56. The van der Waals surface area contributed by atoms with E-state index in [0.29, 0.717) is 6.42 Å². The van der Waals surface area contributed by atoms with E-state index >= 15 is 0 Å². The van der Waals surface area contributed by atoms with Gasteiger partial charge in [-0.3, -0.25) is 0 Å². The smallest absolute Gasteiger partial charge is 0.318 e. The molecule has 1 unspecified atom stereocenters. The van der Waals surface area contributed by atoms with Gasteiger partial charge in [0.05, 0.1) is 5.66 Å². The van der Waals surface area contributed by atoms with E-state index in [0.717, 1.165) is 5.71 Å². The highest BCUT2D eigenvalue weighted by atomic mass is 16.2. The number of urea groups is 1. The number of carbonyl (C=O) groups is 1. The molecule has 0 saturated heterocycles. The molecule has 1 heterocycles. The molecule has 0 aliphatic carbocycles. The first-order chi connectivity index (χ1) is 4.49. The Morgan fingerprint density at radius 2 is 2.40 bits per heavy atom. The highest BCUT2D eigenvalue weighted by Crippen LogP contribution is 2.08. The molecular formula is C6H11N3O. The molecule has 56 valence electrons. The third-order valence-corrected chi connectivity index (χ3v) is 1.31. The summed E-state index contributed by atoms with van der Waals surface area (Å²) in [4.78, 5) is 14.4. The van der Waals surface area contributed by atoms with Gasteiger partial charge >= 0.3 is 6.03 Å². The van der Waals surface area contributed by atoms with Gasteiger partial charge in [0.15, 0.2) is 0 Å². The van der Waals surface area contributed by atoms with Crippen molar-refractivity contribution in [3.63, 3.8) is 0 Å². The standard InChI is InChI=1S/C6H11N3O/c1-4-3-6(2,7)9-5(10)8-4/h3,7H2,1-2H3,(H,9,10). The summed E-state index contributed by atoms with van der Waals surface area (Å²) >= 11 is 0. The van der Waals surface area contributed by atoms with Crippen LogP contribution in [0.4, 0.5) is 4.79 Å². The van der Waals surface area contributed by atoms with Crippen molar-refractivity contribution in [3.8, 4) is 0 Å². The normalized spacial score (nSPS) is 33.1. The molecule has 0 radical (unpaired) electrons. The highest BCUT2D eigenvalue weighted by Gasteiger charge is 2.25. The van der Waals surface area contributed by atoms with Crippen LogP contribution in [0.15, 0.2) is 4.99 Å². The fourth-order valence-electron chi connectivity index (χ4n) is 1.06. The lowest BCUT2D eigenvalue weighted by molar-refractivity contribution is 0.235. The number of hydrogen-bond acceptors (Lipinski definition) is 2. The molecule has 0 saturated carbocycles. The fraction of sp³-hybridized carbons (Fsp3) is 0.667. The number of amides is 2. The van der Waals surface area contributed by atoms with E-state index in [4.69, 9.17) is 5.73 Å². The minimum absolute atomic E-state index is 0.339. The Morgan fingerprint density at radius 1 is 1.80 bits per heavy atom. The van der Waals surface area contributed by atoms with Crippen LogP contribution in [0, 0.1) is 0 Å². The highest BCUT2D eigenvalue weighted by molar-refractivity contribution is 5.96. The maximum atomic E-state index is 10.7. The zero-order chi connectivity index (χ0) is 7.78. The number of carbonyl (C=O) groups excluding carboxylic acids is 1. The Balaban J connectivity index is 2.80. The maximum Gasteiger partial charge on any atom is 0.342 e. The molecule has 1 aliphatic heterocycles. The molecule has 0 fully saturated rings. The van der Waals surface area contributed by atoms with Crippen LogP contribution in [0.5, 0.6) is 0 Å². The summed E-state index contributed by atoms with van der Waals surface area (Å²) in [5.41, 5.74) is 5.82. The summed E-state index contributed by atoms with van der Waals surface area (Å²) in [7, 11) is 0. The van der Waals surface area contributed by atoms with E-state index < -0.39 is 5.66 Å². The van der Waals surface area contributed by atoms with Crippen LogP contribution in [-0.2, 0) is 0 Å². The number of nitrogens with zero attached hydrogens (tertiary/aromatic N) is 1. The van der Waals surface area contributed by atoms with Gasteiger partial charge in [0.25, 0.3) is 0 Å². The van der Waals surface area contributed by atoms with Crippen LogP contribution in [0.2, 0.25) is 0 Å². The topological polar surface area (TPSA) is 67.5 Å². The van der Waals surface area contributed by atoms with Crippen molar-refractivity contribution < 1.29 is 4.79 Å². The van der Waals surface area contributed by atoms with E-state index in [1.165, 1.54) is 0 Å². The lowest BCUT2D eigenvalue weighted by Gasteiger charge is -2.28. The summed E-state index contributed by atoms with van der Waals surface area (Å²) < 4.78 is 0. The van der Waals surface area contributed by atoms with E-state index in [2.05, 4.69) is 10.3 Å². The second kappa shape index (κ2) is 2.05. The van der Waals surface area contributed by atoms with E-state index in [9.17, 15) is 4.79 Å². The molecule has 0 aromatic carbocycles. The quantitative estimate of drug-likeness (QED) is 0.507. The van der Waals surface area contributed by atoms with Gasteiger partial charge in [-0.25, -0.2) is 9.79 Å². The maximum absolute atomic E-state index is 10.7. The van der Waals surface area contributed by atoms with Crippen LogP contribution in [0.3, 0.4) is 0 Å². The van der Waals surface area contributed by atoms with E-state index in [1.54, 1.807) is 13.8 Å². The lowest BCUT2D eigenvalue weighted by atomic mass is 10.1. The number of nitrogens with one attached hydrogen (secondary N) is 1. The third-order valence-electron chi connectivity index (χ3n) is 1.31. The molecule has 0 spiro atoms. The Morgan fingerprint density at radius 3 is 2.80 bits per heavy atom. The van der Waals surface area contributed by atoms with Crippen LogP contribution >= 0.6 is 0 Å². The summed E-state index contributed by atoms with van der Waals surface area (Å²) in [6, 6.07) is -0.339. The van der Waals surface area contributed by atoms with Gasteiger partial charge in [0, 0.05) is 12.1 Å². The SMILES string of the molecule is CC1=NC(=O)NC(C)(N)C1. The monoisotopic (exact) mass is 141 g/mol. The van der Waals surface area contributed by atoms with Gasteiger partial charge in [-0.15, -0.1) is 0 Å². The first kappa shape index (κ1) is 7.21. The predicted molar refractivity (Wildman–Crippen MR) is 38.9 cm³/mol. The zero-order valence-electron chi connectivity index (χ0n) is 6.14. The van der Waals surface area contributed by atoms with E-state index in [1.807, 2.05) is 0 Å². The van der Waals surface area contributed by atoms with Crippen molar-refractivity contribution in [1.29, 1.82) is 0 Å². The second-order valence-electron chi connectivity index (χ2n) is 2.87. The summed E-state index contributed by atoms with van der Waals surface area (Å²) in [6.45, 7) is 3.56. The third kappa shape index (κ3) is 1.54. The van der Waals surface area contributed by atoms with Crippen molar-refractivity contribution in [3.05, 3.63) is 0 Å². The first-order valence-corrected chi connectivity index (χ1v) is 3.15. The van der Waals surface area contributed by atoms with Crippen LogP contribution in [-0.4, -0.2) is 17.4 Å². The van der Waals surface area contributed by atoms with Gasteiger partial charge in [0.2, 0.25) is 0 Å². The summed E-state index contributed by atoms with van der Waals surface area (Å²) in [5, 5.41) is 2.54. The largest absolute Gasteiger partial charge is 0.342 e. The van der Waals surface area contributed by atoms with Crippen LogP contribution in [0.1, 0.15) is 20.3 Å². The fourth-order valence-corrected chi connectivity index (χ4v) is 1.06. The summed E-state index contributed by atoms with van der Waals surface area (Å²) in [5.74, 6) is 0. The number of rotatable bonds is 0. The molecule has 4 nitrogen and oxygen atoms in total. The van der Waals surface area contributed by atoms with Gasteiger partial charge < -0.3 is 11.1 Å². The van der Waals surface area contributed by atoms with Crippen molar-refractivity contribution in [1.82, 2.24) is 5.32 Å². The Kier molecular flexibility index (Phi) is 1.48. The molecule has 4 heteroatoms. The number of hydrogen-bond donors (Lipinski definition) is 2. The van der Waals surface area contributed by atoms with Gasteiger partial charge in [-0.2, -0.15) is 0 Å². The number of aliphatic imine (C=N–C) groups is 1. The Hall–Kier alpha value is -0.900.